The maximum absolute atomic E-state index is 11.5. The summed E-state index contributed by atoms with van der Waals surface area (Å²) in [6.07, 6.45) is 1.08. The van der Waals surface area contributed by atoms with E-state index in [1.54, 1.807) is 7.11 Å². The van der Waals surface area contributed by atoms with Crippen LogP contribution in [0.1, 0.15) is 61.3 Å². The van der Waals surface area contributed by atoms with E-state index in [4.69, 9.17) is 14.2 Å². The molecule has 0 bridgehead atoms. The monoisotopic (exact) mass is 303 g/mol. The Labute approximate surface area is 129 Å². The van der Waals surface area contributed by atoms with Gasteiger partial charge in [-0.15, -0.1) is 0 Å². The number of methoxy groups -OCH3 is 1. The molecule has 0 aliphatic rings. The lowest BCUT2D eigenvalue weighted by Crippen LogP contribution is -2.41. The topological polar surface area (TPSA) is 56.8 Å². The van der Waals surface area contributed by atoms with Crippen LogP contribution in [0.3, 0.4) is 0 Å². The van der Waals surface area contributed by atoms with Gasteiger partial charge in [0.25, 0.3) is 0 Å². The van der Waals surface area contributed by atoms with E-state index in [0.29, 0.717) is 19.6 Å². The maximum Gasteiger partial charge on any atom is 0.407 e. The Morgan fingerprint density at radius 3 is 1.90 bits per heavy atom. The first kappa shape index (κ1) is 20.2. The van der Waals surface area contributed by atoms with Gasteiger partial charge in [-0.25, -0.2) is 4.79 Å². The maximum atomic E-state index is 11.5. The van der Waals surface area contributed by atoms with E-state index in [0.717, 1.165) is 6.42 Å². The summed E-state index contributed by atoms with van der Waals surface area (Å²) in [5, 5.41) is 2.76. The van der Waals surface area contributed by atoms with Crippen LogP contribution in [0.2, 0.25) is 0 Å². The third kappa shape index (κ3) is 11.5. The van der Waals surface area contributed by atoms with E-state index in [-0.39, 0.29) is 22.8 Å². The Balaban J connectivity index is 3.95. The second-order valence-electron chi connectivity index (χ2n) is 7.58. The molecule has 0 saturated carbocycles. The van der Waals surface area contributed by atoms with Crippen molar-refractivity contribution in [2.24, 2.45) is 0 Å². The molecule has 0 aromatic rings. The highest BCUT2D eigenvalue weighted by atomic mass is 16.6. The lowest BCUT2D eigenvalue weighted by molar-refractivity contribution is -0.0663. The summed E-state index contributed by atoms with van der Waals surface area (Å²) < 4.78 is 16.4. The van der Waals surface area contributed by atoms with Crippen LogP contribution >= 0.6 is 0 Å². The summed E-state index contributed by atoms with van der Waals surface area (Å²) in [6, 6.07) is 0. The summed E-state index contributed by atoms with van der Waals surface area (Å²) in [6.45, 7) is 14.8. The van der Waals surface area contributed by atoms with Crippen molar-refractivity contribution in [2.75, 3.05) is 20.3 Å². The molecule has 126 valence electrons. The first-order valence-corrected chi connectivity index (χ1v) is 7.51. The lowest BCUT2D eigenvalue weighted by atomic mass is 10.0. The fraction of sp³-hybridized carbons (Fsp3) is 0.938. The fourth-order valence-corrected chi connectivity index (χ4v) is 1.48. The molecule has 0 aromatic carbocycles. The molecule has 0 unspecified atom stereocenters. The molecule has 0 aliphatic heterocycles. The Hall–Kier alpha value is -0.810. The molecular formula is C16H33NO4. The van der Waals surface area contributed by atoms with Gasteiger partial charge in [0, 0.05) is 19.1 Å². The van der Waals surface area contributed by atoms with Crippen LogP contribution in [0.4, 0.5) is 4.79 Å². The average molecular weight is 303 g/mol. The van der Waals surface area contributed by atoms with E-state index in [9.17, 15) is 4.79 Å². The molecule has 0 saturated heterocycles. The van der Waals surface area contributed by atoms with Gasteiger partial charge in [-0.1, -0.05) is 0 Å². The van der Waals surface area contributed by atoms with Crippen LogP contribution in [0, 0.1) is 0 Å². The molecule has 0 aromatic heterocycles. The van der Waals surface area contributed by atoms with Crippen LogP contribution in [-0.2, 0) is 14.2 Å². The SMILES string of the molecule is COC(C)(C)CCOC(C)(C)CCOC(=O)NC(C)(C)C. The van der Waals surface area contributed by atoms with Crippen LogP contribution < -0.4 is 5.32 Å². The smallest absolute Gasteiger partial charge is 0.407 e. The number of nitrogens with one attached hydrogen (secondary N) is 1. The molecule has 5 heteroatoms. The standard InChI is InChI=1S/C16H33NO4/c1-14(2,3)17-13(18)20-11-9-16(6,7)21-12-10-15(4,5)19-8/h9-12H2,1-8H3,(H,17,18). The van der Waals surface area contributed by atoms with E-state index in [1.165, 1.54) is 0 Å². The van der Waals surface area contributed by atoms with Gasteiger partial charge in [-0.3, -0.25) is 0 Å². The first-order chi connectivity index (χ1) is 9.37. The van der Waals surface area contributed by atoms with E-state index >= 15 is 0 Å². The van der Waals surface area contributed by atoms with Crippen molar-refractivity contribution in [1.82, 2.24) is 5.32 Å². The van der Waals surface area contributed by atoms with Crippen molar-refractivity contribution in [1.29, 1.82) is 0 Å². The van der Waals surface area contributed by atoms with Crippen molar-refractivity contribution in [3.8, 4) is 0 Å². The molecule has 0 atom stereocenters. The largest absolute Gasteiger partial charge is 0.449 e. The second kappa shape index (κ2) is 7.99. The summed E-state index contributed by atoms with van der Waals surface area (Å²) in [5.74, 6) is 0. The highest BCUT2D eigenvalue weighted by molar-refractivity contribution is 5.67. The number of rotatable bonds is 8. The van der Waals surface area contributed by atoms with Gasteiger partial charge in [0.15, 0.2) is 0 Å². The van der Waals surface area contributed by atoms with Gasteiger partial charge in [0.1, 0.15) is 0 Å². The summed E-state index contributed by atoms with van der Waals surface area (Å²) in [7, 11) is 1.70. The van der Waals surface area contributed by atoms with Crippen LogP contribution in [0.5, 0.6) is 0 Å². The third-order valence-corrected chi connectivity index (χ3v) is 3.16. The van der Waals surface area contributed by atoms with Crippen LogP contribution in [-0.4, -0.2) is 43.2 Å². The molecule has 0 spiro atoms. The minimum absolute atomic E-state index is 0.181. The van der Waals surface area contributed by atoms with Crippen molar-refractivity contribution in [2.45, 2.75) is 78.0 Å². The fourth-order valence-electron chi connectivity index (χ4n) is 1.48. The normalized spacial score (nSPS) is 13.1. The molecule has 1 amide bonds. The number of alkyl carbamates (subject to hydrolysis) is 1. The number of carbonyl (C=O) groups is 1. The zero-order chi connectivity index (χ0) is 16.7. The highest BCUT2D eigenvalue weighted by Gasteiger charge is 2.23. The first-order valence-electron chi connectivity index (χ1n) is 7.51. The molecule has 0 radical (unpaired) electrons. The van der Waals surface area contributed by atoms with Crippen molar-refractivity contribution in [3.05, 3.63) is 0 Å². The molecular weight excluding hydrogens is 270 g/mol. The minimum Gasteiger partial charge on any atom is -0.449 e. The van der Waals surface area contributed by atoms with Gasteiger partial charge in [0.2, 0.25) is 0 Å². The summed E-state index contributed by atoms with van der Waals surface area (Å²) in [5.41, 5.74) is -0.792. The minimum atomic E-state index is -0.390. The van der Waals surface area contributed by atoms with Gasteiger partial charge in [0.05, 0.1) is 24.4 Å². The Kier molecular flexibility index (Phi) is 7.68. The molecule has 0 aliphatic carbocycles. The molecule has 0 fully saturated rings. The van der Waals surface area contributed by atoms with E-state index in [2.05, 4.69) is 5.32 Å². The zero-order valence-corrected chi connectivity index (χ0v) is 15.0. The quantitative estimate of drug-likeness (QED) is 0.745. The van der Waals surface area contributed by atoms with Crippen molar-refractivity contribution in [3.63, 3.8) is 0 Å². The third-order valence-electron chi connectivity index (χ3n) is 3.16. The number of carbonyl (C=O) groups excluding carboxylic acids is 1. The van der Waals surface area contributed by atoms with Gasteiger partial charge < -0.3 is 19.5 Å². The van der Waals surface area contributed by atoms with Crippen LogP contribution in [0.25, 0.3) is 0 Å². The Morgan fingerprint density at radius 1 is 0.905 bits per heavy atom. The Bertz CT molecular complexity index is 319. The van der Waals surface area contributed by atoms with E-state index in [1.807, 2.05) is 48.5 Å². The second-order valence-corrected chi connectivity index (χ2v) is 7.58. The predicted octanol–water partition coefficient (Wildman–Crippen LogP) is 3.51. The van der Waals surface area contributed by atoms with Gasteiger partial charge >= 0.3 is 6.09 Å². The molecule has 5 nitrogen and oxygen atoms in total. The van der Waals surface area contributed by atoms with Gasteiger partial charge in [-0.2, -0.15) is 0 Å². The molecule has 0 heterocycles. The van der Waals surface area contributed by atoms with E-state index < -0.39 is 0 Å². The number of amides is 1. The summed E-state index contributed by atoms with van der Waals surface area (Å²) >= 11 is 0. The molecule has 21 heavy (non-hydrogen) atoms. The average Bonchev–Trinajstić information content (AvgIpc) is 2.25. The zero-order valence-electron chi connectivity index (χ0n) is 15.0. The van der Waals surface area contributed by atoms with Crippen molar-refractivity contribution >= 4 is 6.09 Å². The number of hydrogen-bond acceptors (Lipinski definition) is 4. The van der Waals surface area contributed by atoms with Crippen LogP contribution in [0.15, 0.2) is 0 Å². The lowest BCUT2D eigenvalue weighted by Gasteiger charge is -2.29. The Morgan fingerprint density at radius 2 is 1.43 bits per heavy atom. The number of ether oxygens (including phenoxy) is 3. The number of hydrogen-bond donors (Lipinski definition) is 1. The van der Waals surface area contributed by atoms with Crippen molar-refractivity contribution < 1.29 is 19.0 Å². The summed E-state index contributed by atoms with van der Waals surface area (Å²) in [4.78, 5) is 11.5. The molecule has 0 rings (SSSR count). The highest BCUT2D eigenvalue weighted by Crippen LogP contribution is 2.19. The molecule has 1 N–H and O–H groups in total. The predicted molar refractivity (Wildman–Crippen MR) is 84.6 cm³/mol. The van der Waals surface area contributed by atoms with Gasteiger partial charge in [-0.05, 0) is 54.9 Å².